The van der Waals surface area contributed by atoms with Crippen molar-refractivity contribution >= 4 is 17.4 Å². The average molecular weight is 248 g/mol. The largest absolute Gasteiger partial charge is 0.363 e. The molecule has 5 nitrogen and oxygen atoms in total. The molecule has 1 amide bonds. The lowest BCUT2D eigenvalue weighted by molar-refractivity contribution is -0.120. The number of carbonyl (C=O) groups excluding carboxylic acids is 1. The van der Waals surface area contributed by atoms with Gasteiger partial charge in [-0.2, -0.15) is 0 Å². The molecule has 18 heavy (non-hydrogen) atoms. The van der Waals surface area contributed by atoms with Gasteiger partial charge < -0.3 is 15.5 Å². The van der Waals surface area contributed by atoms with E-state index in [-0.39, 0.29) is 11.8 Å². The first-order valence-electron chi connectivity index (χ1n) is 6.32. The number of hydrogen-bond acceptors (Lipinski definition) is 4. The summed E-state index contributed by atoms with van der Waals surface area (Å²) in [7, 11) is 3.88. The van der Waals surface area contributed by atoms with E-state index in [1.54, 1.807) is 6.20 Å². The summed E-state index contributed by atoms with van der Waals surface area (Å²) in [4.78, 5) is 18.2. The van der Waals surface area contributed by atoms with Gasteiger partial charge in [-0.1, -0.05) is 0 Å². The highest BCUT2D eigenvalue weighted by atomic mass is 16.1. The van der Waals surface area contributed by atoms with Crippen molar-refractivity contribution in [3.8, 4) is 0 Å². The standard InChI is InChI=1S/C13H20N4O/c1-17(2)12-6-5-11(9-15-12)16-13(18)10-4-3-7-14-8-10/h5-6,9-10,14H,3-4,7-8H2,1-2H3,(H,16,18). The molecule has 5 heteroatoms. The molecule has 0 bridgehead atoms. The van der Waals surface area contributed by atoms with Crippen LogP contribution in [0.5, 0.6) is 0 Å². The smallest absolute Gasteiger partial charge is 0.228 e. The van der Waals surface area contributed by atoms with Gasteiger partial charge in [0.25, 0.3) is 0 Å². The number of aromatic nitrogens is 1. The minimum absolute atomic E-state index is 0.0762. The lowest BCUT2D eigenvalue weighted by Gasteiger charge is -2.21. The normalized spacial score (nSPS) is 19.3. The molecule has 1 atom stereocenters. The lowest BCUT2D eigenvalue weighted by atomic mass is 9.99. The number of piperidine rings is 1. The molecular weight excluding hydrogens is 228 g/mol. The summed E-state index contributed by atoms with van der Waals surface area (Å²) in [5.74, 6) is 1.04. The molecule has 2 N–H and O–H groups in total. The molecule has 1 fully saturated rings. The fraction of sp³-hybridized carbons (Fsp3) is 0.538. The van der Waals surface area contributed by atoms with Crippen LogP contribution >= 0.6 is 0 Å². The Morgan fingerprint density at radius 2 is 2.33 bits per heavy atom. The van der Waals surface area contributed by atoms with Crippen LogP contribution in [0.2, 0.25) is 0 Å². The highest BCUT2D eigenvalue weighted by Crippen LogP contribution is 2.15. The van der Waals surface area contributed by atoms with E-state index in [0.29, 0.717) is 0 Å². The Bertz CT molecular complexity index is 396. The van der Waals surface area contributed by atoms with Crippen LogP contribution < -0.4 is 15.5 Å². The Morgan fingerprint density at radius 1 is 1.50 bits per heavy atom. The van der Waals surface area contributed by atoms with Gasteiger partial charge in [-0.25, -0.2) is 4.98 Å². The molecular formula is C13H20N4O. The molecule has 1 aliphatic rings. The topological polar surface area (TPSA) is 57.3 Å². The van der Waals surface area contributed by atoms with Crippen molar-refractivity contribution in [3.63, 3.8) is 0 Å². The summed E-state index contributed by atoms with van der Waals surface area (Å²) in [6.45, 7) is 1.79. The number of nitrogens with one attached hydrogen (secondary N) is 2. The third kappa shape index (κ3) is 3.20. The first-order chi connectivity index (χ1) is 8.66. The second-order valence-electron chi connectivity index (χ2n) is 4.83. The SMILES string of the molecule is CN(C)c1ccc(NC(=O)C2CCCNC2)cn1. The number of carbonyl (C=O) groups is 1. The van der Waals surface area contributed by atoms with E-state index in [0.717, 1.165) is 37.4 Å². The van der Waals surface area contributed by atoms with E-state index < -0.39 is 0 Å². The third-order valence-corrected chi connectivity index (χ3v) is 3.14. The Hall–Kier alpha value is -1.62. The first kappa shape index (κ1) is 12.8. The van der Waals surface area contributed by atoms with Crippen molar-refractivity contribution in [2.75, 3.05) is 37.4 Å². The number of amides is 1. The molecule has 1 saturated heterocycles. The summed E-state index contributed by atoms with van der Waals surface area (Å²) < 4.78 is 0. The summed E-state index contributed by atoms with van der Waals surface area (Å²) in [5.41, 5.74) is 0.760. The Kier molecular flexibility index (Phi) is 4.15. The molecule has 2 heterocycles. The minimum atomic E-state index is 0.0762. The van der Waals surface area contributed by atoms with Crippen molar-refractivity contribution in [2.45, 2.75) is 12.8 Å². The first-order valence-corrected chi connectivity index (χ1v) is 6.32. The highest BCUT2D eigenvalue weighted by Gasteiger charge is 2.20. The monoisotopic (exact) mass is 248 g/mol. The van der Waals surface area contributed by atoms with Gasteiger partial charge in [0.1, 0.15) is 5.82 Å². The quantitative estimate of drug-likeness (QED) is 0.840. The summed E-state index contributed by atoms with van der Waals surface area (Å²) in [5, 5.41) is 6.16. The molecule has 0 aliphatic carbocycles. The lowest BCUT2D eigenvalue weighted by Crippen LogP contribution is -2.37. The van der Waals surface area contributed by atoms with Gasteiger partial charge in [-0.15, -0.1) is 0 Å². The zero-order valence-electron chi connectivity index (χ0n) is 10.9. The molecule has 98 valence electrons. The Labute approximate surface area is 108 Å². The fourth-order valence-electron chi connectivity index (χ4n) is 2.04. The average Bonchev–Trinajstić information content (AvgIpc) is 2.40. The van der Waals surface area contributed by atoms with Crippen molar-refractivity contribution in [3.05, 3.63) is 18.3 Å². The maximum absolute atomic E-state index is 12.0. The molecule has 1 aromatic rings. The van der Waals surface area contributed by atoms with Gasteiger partial charge in [0, 0.05) is 20.6 Å². The number of nitrogens with zero attached hydrogens (tertiary/aromatic N) is 2. The van der Waals surface area contributed by atoms with Crippen molar-refractivity contribution in [1.82, 2.24) is 10.3 Å². The van der Waals surface area contributed by atoms with Gasteiger partial charge in [0.15, 0.2) is 0 Å². The van der Waals surface area contributed by atoms with Gasteiger partial charge in [0.05, 0.1) is 17.8 Å². The van der Waals surface area contributed by atoms with E-state index in [2.05, 4.69) is 15.6 Å². The summed E-state index contributed by atoms with van der Waals surface area (Å²) in [6.07, 6.45) is 3.72. The third-order valence-electron chi connectivity index (χ3n) is 3.14. The Morgan fingerprint density at radius 3 is 2.89 bits per heavy atom. The van der Waals surface area contributed by atoms with E-state index in [1.807, 2.05) is 31.1 Å². The van der Waals surface area contributed by atoms with Crippen LogP contribution in [0.25, 0.3) is 0 Å². The number of rotatable bonds is 3. The van der Waals surface area contributed by atoms with E-state index in [9.17, 15) is 4.79 Å². The van der Waals surface area contributed by atoms with E-state index >= 15 is 0 Å². The second kappa shape index (κ2) is 5.82. The zero-order chi connectivity index (χ0) is 13.0. The van der Waals surface area contributed by atoms with Crippen LogP contribution in [0.3, 0.4) is 0 Å². The van der Waals surface area contributed by atoms with Crippen LogP contribution in [0.1, 0.15) is 12.8 Å². The van der Waals surface area contributed by atoms with Gasteiger partial charge >= 0.3 is 0 Å². The number of anilines is 2. The Balaban J connectivity index is 1.94. The maximum Gasteiger partial charge on any atom is 0.228 e. The maximum atomic E-state index is 12.0. The van der Waals surface area contributed by atoms with Crippen molar-refractivity contribution < 1.29 is 4.79 Å². The second-order valence-corrected chi connectivity index (χ2v) is 4.83. The minimum Gasteiger partial charge on any atom is -0.363 e. The van der Waals surface area contributed by atoms with Crippen LogP contribution in [-0.2, 0) is 4.79 Å². The molecule has 1 aliphatic heterocycles. The molecule has 1 unspecified atom stereocenters. The fourth-order valence-corrected chi connectivity index (χ4v) is 2.04. The zero-order valence-corrected chi connectivity index (χ0v) is 10.9. The molecule has 0 aromatic carbocycles. The van der Waals surface area contributed by atoms with Gasteiger partial charge in [-0.3, -0.25) is 4.79 Å². The number of hydrogen-bond donors (Lipinski definition) is 2. The van der Waals surface area contributed by atoms with Crippen LogP contribution in [0, 0.1) is 5.92 Å². The highest BCUT2D eigenvalue weighted by molar-refractivity contribution is 5.92. The van der Waals surface area contributed by atoms with Gasteiger partial charge in [0.2, 0.25) is 5.91 Å². The molecule has 0 saturated carbocycles. The van der Waals surface area contributed by atoms with E-state index in [4.69, 9.17) is 0 Å². The van der Waals surface area contributed by atoms with Crippen LogP contribution in [-0.4, -0.2) is 38.1 Å². The summed E-state index contributed by atoms with van der Waals surface area (Å²) in [6, 6.07) is 3.78. The van der Waals surface area contributed by atoms with E-state index in [1.165, 1.54) is 0 Å². The van der Waals surface area contributed by atoms with Crippen LogP contribution in [0.4, 0.5) is 11.5 Å². The molecule has 0 spiro atoms. The van der Waals surface area contributed by atoms with Crippen molar-refractivity contribution in [1.29, 1.82) is 0 Å². The van der Waals surface area contributed by atoms with Gasteiger partial charge in [-0.05, 0) is 31.5 Å². The van der Waals surface area contributed by atoms with Crippen molar-refractivity contribution in [2.24, 2.45) is 5.92 Å². The molecule has 2 rings (SSSR count). The molecule has 0 radical (unpaired) electrons. The molecule has 1 aromatic heterocycles. The summed E-state index contributed by atoms with van der Waals surface area (Å²) >= 11 is 0. The number of pyridine rings is 1. The predicted octanol–water partition coefficient (Wildman–Crippen LogP) is 1.09. The van der Waals surface area contributed by atoms with Crippen LogP contribution in [0.15, 0.2) is 18.3 Å². The predicted molar refractivity (Wildman–Crippen MR) is 72.8 cm³/mol.